The van der Waals surface area contributed by atoms with Crippen molar-refractivity contribution >= 4 is 75.1 Å². The van der Waals surface area contributed by atoms with Crippen molar-refractivity contribution in [1.82, 2.24) is 24.1 Å². The Hall–Kier alpha value is -8.19. The number of hydrogen-bond donors (Lipinski definition) is 0. The van der Waals surface area contributed by atoms with E-state index in [-0.39, 0.29) is 0 Å². The van der Waals surface area contributed by atoms with Crippen molar-refractivity contribution in [2.24, 2.45) is 0 Å². The molecular weight excluding hydrogens is 787 g/mol. The summed E-state index contributed by atoms with van der Waals surface area (Å²) in [5.74, 6) is 1.89. The normalized spacial score (nSPS) is 11.8. The van der Waals surface area contributed by atoms with E-state index < -0.39 is 0 Å². The summed E-state index contributed by atoms with van der Waals surface area (Å²) in [4.78, 5) is 15.6. The lowest BCUT2D eigenvalue weighted by Crippen LogP contribution is -2.02. The van der Waals surface area contributed by atoms with Gasteiger partial charge in [-0.1, -0.05) is 164 Å². The molecule has 0 N–H and O–H groups in total. The molecule has 63 heavy (non-hydrogen) atoms. The molecule has 13 rings (SSSR count). The highest BCUT2D eigenvalue weighted by Crippen LogP contribution is 2.41. The van der Waals surface area contributed by atoms with Gasteiger partial charge in [0.1, 0.15) is 0 Å². The lowest BCUT2D eigenvalue weighted by Gasteiger charge is -2.17. The summed E-state index contributed by atoms with van der Waals surface area (Å²) in [5.41, 5.74) is 11.8. The number of thiophene rings is 1. The van der Waals surface area contributed by atoms with Crippen molar-refractivity contribution in [3.05, 3.63) is 212 Å². The minimum Gasteiger partial charge on any atom is -0.309 e. The van der Waals surface area contributed by atoms with E-state index in [2.05, 4.69) is 203 Å². The van der Waals surface area contributed by atoms with Gasteiger partial charge in [-0.05, 0) is 54.1 Å². The summed E-state index contributed by atoms with van der Waals surface area (Å²) < 4.78 is 7.31. The number of fused-ring (bicyclic) bond motifs is 9. The van der Waals surface area contributed by atoms with E-state index in [1.165, 1.54) is 52.8 Å². The molecule has 0 saturated heterocycles. The second-order valence-electron chi connectivity index (χ2n) is 16.0. The highest BCUT2D eigenvalue weighted by molar-refractivity contribution is 7.25. The fraction of sp³-hybridized carbons (Fsp3) is 0. The zero-order valence-electron chi connectivity index (χ0n) is 33.9. The Balaban J connectivity index is 1.06. The molecule has 0 amide bonds. The van der Waals surface area contributed by atoms with E-state index in [0.717, 1.165) is 50.2 Å². The van der Waals surface area contributed by atoms with Gasteiger partial charge in [0.05, 0.1) is 27.8 Å². The van der Waals surface area contributed by atoms with Crippen LogP contribution in [0.3, 0.4) is 0 Å². The van der Waals surface area contributed by atoms with Crippen LogP contribution in [0.15, 0.2) is 212 Å². The second-order valence-corrected chi connectivity index (χ2v) is 17.1. The van der Waals surface area contributed by atoms with E-state index >= 15 is 0 Å². The predicted molar refractivity (Wildman–Crippen MR) is 263 cm³/mol. The van der Waals surface area contributed by atoms with Crippen LogP contribution in [0.5, 0.6) is 0 Å². The molecule has 4 heterocycles. The van der Waals surface area contributed by atoms with E-state index in [0.29, 0.717) is 17.5 Å². The fourth-order valence-corrected chi connectivity index (χ4v) is 10.6. The molecule has 9 aromatic carbocycles. The smallest absolute Gasteiger partial charge is 0.164 e. The van der Waals surface area contributed by atoms with Crippen molar-refractivity contribution in [3.63, 3.8) is 0 Å². The number of nitrogens with zero attached hydrogens (tertiary/aromatic N) is 5. The summed E-state index contributed by atoms with van der Waals surface area (Å²) >= 11 is 1.80. The van der Waals surface area contributed by atoms with Crippen molar-refractivity contribution in [3.8, 4) is 56.7 Å². The standard InChI is InChI=1S/C57H35N5S/c1-3-15-36(16-4-1)41-30-27-38(56-58-55(37-17-5-2-6-18-37)59-57(60-56)39-28-31-47-46-22-10-14-26-53(46)63-54(47)34-39)33-51(41)62-50-25-13-9-21-44(50)45-32-29-40(35-52(45)62)61-48-23-11-7-19-42(48)43-20-8-12-24-49(43)61/h1-35H. The fourth-order valence-electron chi connectivity index (χ4n) is 9.49. The van der Waals surface area contributed by atoms with E-state index in [1.807, 2.05) is 18.2 Å². The van der Waals surface area contributed by atoms with E-state index in [4.69, 9.17) is 15.0 Å². The van der Waals surface area contributed by atoms with Gasteiger partial charge in [-0.15, -0.1) is 11.3 Å². The molecule has 0 atom stereocenters. The van der Waals surface area contributed by atoms with Crippen molar-refractivity contribution in [1.29, 1.82) is 0 Å². The highest BCUT2D eigenvalue weighted by Gasteiger charge is 2.21. The first-order valence-electron chi connectivity index (χ1n) is 21.2. The van der Waals surface area contributed by atoms with E-state index in [1.54, 1.807) is 11.3 Å². The zero-order valence-corrected chi connectivity index (χ0v) is 34.7. The Bertz CT molecular complexity index is 3860. The van der Waals surface area contributed by atoms with Crippen molar-refractivity contribution in [2.45, 2.75) is 0 Å². The number of para-hydroxylation sites is 3. The molecular formula is C57H35N5S. The molecule has 0 spiro atoms. The highest BCUT2D eigenvalue weighted by atomic mass is 32.1. The van der Waals surface area contributed by atoms with Crippen LogP contribution in [0.1, 0.15) is 0 Å². The van der Waals surface area contributed by atoms with Crippen LogP contribution in [0.2, 0.25) is 0 Å². The minimum absolute atomic E-state index is 0.614. The van der Waals surface area contributed by atoms with Crippen molar-refractivity contribution < 1.29 is 0 Å². The molecule has 0 aliphatic carbocycles. The first-order chi connectivity index (χ1) is 31.2. The molecule has 13 aromatic rings. The molecule has 0 radical (unpaired) electrons. The maximum atomic E-state index is 5.29. The molecule has 4 aromatic heterocycles. The van der Waals surface area contributed by atoms with Gasteiger partial charge in [-0.25, -0.2) is 15.0 Å². The topological polar surface area (TPSA) is 48.5 Å². The third-order valence-electron chi connectivity index (χ3n) is 12.4. The predicted octanol–water partition coefficient (Wildman–Crippen LogP) is 15.1. The van der Waals surface area contributed by atoms with Gasteiger partial charge in [-0.2, -0.15) is 0 Å². The number of aromatic nitrogens is 5. The summed E-state index contributed by atoms with van der Waals surface area (Å²) in [7, 11) is 0. The monoisotopic (exact) mass is 821 g/mol. The van der Waals surface area contributed by atoms with Gasteiger partial charge < -0.3 is 9.13 Å². The largest absolute Gasteiger partial charge is 0.309 e. The Morgan fingerprint density at radius 1 is 0.302 bits per heavy atom. The third-order valence-corrected chi connectivity index (χ3v) is 13.5. The second kappa shape index (κ2) is 14.2. The maximum absolute atomic E-state index is 5.29. The quantitative estimate of drug-likeness (QED) is 0.168. The minimum atomic E-state index is 0.614. The van der Waals surface area contributed by atoms with Gasteiger partial charge >= 0.3 is 0 Å². The molecule has 0 aliphatic rings. The van der Waals surface area contributed by atoms with Crippen LogP contribution >= 0.6 is 11.3 Å². The van der Waals surface area contributed by atoms with Crippen LogP contribution in [0, 0.1) is 0 Å². The van der Waals surface area contributed by atoms with Crippen LogP contribution in [0.25, 0.3) is 120 Å². The van der Waals surface area contributed by atoms with Gasteiger partial charge in [0.2, 0.25) is 0 Å². The Labute approximate surface area is 366 Å². The first-order valence-corrected chi connectivity index (χ1v) is 22.0. The maximum Gasteiger partial charge on any atom is 0.164 e. The molecule has 0 fully saturated rings. The number of rotatable bonds is 6. The first kappa shape index (κ1) is 35.6. The van der Waals surface area contributed by atoms with Crippen molar-refractivity contribution in [2.75, 3.05) is 0 Å². The molecule has 5 nitrogen and oxygen atoms in total. The molecule has 6 heteroatoms. The Morgan fingerprint density at radius 2 is 0.778 bits per heavy atom. The average Bonchev–Trinajstić information content (AvgIpc) is 4.01. The third kappa shape index (κ3) is 5.73. The Kier molecular flexibility index (Phi) is 8.01. The molecule has 0 bridgehead atoms. The van der Waals surface area contributed by atoms with Gasteiger partial charge in [0.25, 0.3) is 0 Å². The zero-order chi connectivity index (χ0) is 41.4. The summed E-state index contributed by atoms with van der Waals surface area (Å²) in [5, 5.41) is 7.36. The van der Waals surface area contributed by atoms with Gasteiger partial charge in [-0.3, -0.25) is 0 Å². The Morgan fingerprint density at radius 3 is 1.44 bits per heavy atom. The summed E-state index contributed by atoms with van der Waals surface area (Å²) in [6.07, 6.45) is 0. The van der Waals surface area contributed by atoms with Crippen LogP contribution < -0.4 is 0 Å². The summed E-state index contributed by atoms with van der Waals surface area (Å²) in [6.45, 7) is 0. The van der Waals surface area contributed by atoms with Crippen LogP contribution in [-0.4, -0.2) is 24.1 Å². The van der Waals surface area contributed by atoms with Crippen LogP contribution in [-0.2, 0) is 0 Å². The SMILES string of the molecule is c1ccc(-c2nc(-c3ccc(-c4ccccc4)c(-n4c5ccccc5c5ccc(-n6c7ccccc7c7ccccc76)cc54)c3)nc(-c3ccc4c(c3)sc3ccccc34)n2)cc1. The molecule has 0 saturated carbocycles. The van der Waals surface area contributed by atoms with Gasteiger partial charge in [0, 0.05) is 69.7 Å². The molecule has 294 valence electrons. The number of benzene rings is 9. The average molecular weight is 822 g/mol. The number of hydrogen-bond acceptors (Lipinski definition) is 4. The molecule has 0 unspecified atom stereocenters. The van der Waals surface area contributed by atoms with Crippen LogP contribution in [0.4, 0.5) is 0 Å². The summed E-state index contributed by atoms with van der Waals surface area (Å²) in [6, 6.07) is 75.7. The lowest BCUT2D eigenvalue weighted by atomic mass is 10.0. The van der Waals surface area contributed by atoms with Gasteiger partial charge in [0.15, 0.2) is 17.5 Å². The lowest BCUT2D eigenvalue weighted by molar-refractivity contribution is 1.07. The van der Waals surface area contributed by atoms with E-state index in [9.17, 15) is 0 Å². The molecule has 0 aliphatic heterocycles.